The van der Waals surface area contributed by atoms with Crippen molar-refractivity contribution in [3.8, 4) is 0 Å². The van der Waals surface area contributed by atoms with E-state index in [9.17, 15) is 79.0 Å². The topological polar surface area (TPSA) is 0 Å². The second-order valence-electron chi connectivity index (χ2n) is 7.67. The van der Waals surface area contributed by atoms with Gasteiger partial charge >= 0.3 is 41.7 Å². The van der Waals surface area contributed by atoms with Crippen LogP contribution in [-0.2, 0) is 0 Å². The highest BCUT2D eigenvalue weighted by atomic mass is 19.4. The monoisotopic (exact) mass is 554 g/mol. The molecule has 34 heavy (non-hydrogen) atoms. The lowest BCUT2D eigenvalue weighted by Gasteiger charge is -2.76. The van der Waals surface area contributed by atoms with Gasteiger partial charge in [-0.1, -0.05) is 0 Å². The lowest BCUT2D eigenvalue weighted by Crippen LogP contribution is -3.04. The highest BCUT2D eigenvalue weighted by molar-refractivity contribution is 5.50. The highest BCUT2D eigenvalue weighted by Gasteiger charge is 3.16. The Morgan fingerprint density at radius 3 is 1.24 bits per heavy atom. The molecular formula is C14H6F20. The summed E-state index contributed by atoms with van der Waals surface area (Å²) in [6.45, 7) is -8.32. The third kappa shape index (κ3) is 2.23. The molecule has 0 amide bonds. The van der Waals surface area contributed by atoms with Gasteiger partial charge in [0, 0.05) is 6.42 Å². The zero-order chi connectivity index (χ0) is 27.6. The Hall–Kier alpha value is -1.40. The van der Waals surface area contributed by atoms with Gasteiger partial charge in [0.05, 0.1) is 0 Å². The summed E-state index contributed by atoms with van der Waals surface area (Å²) < 4.78 is 275. The molecule has 2 fully saturated rings. The van der Waals surface area contributed by atoms with Gasteiger partial charge in [0.15, 0.2) is 12.3 Å². The van der Waals surface area contributed by atoms with E-state index >= 15 is 8.78 Å². The van der Waals surface area contributed by atoms with Gasteiger partial charge in [-0.3, -0.25) is 0 Å². The molecule has 0 spiro atoms. The number of halogens is 20. The predicted octanol–water partition coefficient (Wildman–Crippen LogP) is 6.83. The Morgan fingerprint density at radius 1 is 0.529 bits per heavy atom. The number of fused-ring (bicyclic) bond motifs is 1. The molecule has 0 N–H and O–H groups in total. The minimum absolute atomic E-state index is 4.05. The zero-order valence-electron chi connectivity index (χ0n) is 15.2. The third-order valence-electron chi connectivity index (χ3n) is 6.19. The van der Waals surface area contributed by atoms with Crippen LogP contribution in [-0.4, -0.2) is 72.1 Å². The molecule has 202 valence electrons. The molecule has 0 radical (unpaired) electrons. The molecule has 4 atom stereocenters. The van der Waals surface area contributed by atoms with Crippen LogP contribution in [0.25, 0.3) is 0 Å². The van der Waals surface area contributed by atoms with E-state index in [0.29, 0.717) is 0 Å². The second-order valence-corrected chi connectivity index (χ2v) is 7.67. The minimum Gasteiger partial charge on any atom is -0.247 e. The van der Waals surface area contributed by atoms with Crippen molar-refractivity contribution in [2.45, 2.75) is 65.1 Å². The Kier molecular flexibility index (Phi) is 5.49. The highest BCUT2D eigenvalue weighted by Crippen LogP contribution is 2.88. The maximum atomic E-state index is 15.3. The first-order valence-electron chi connectivity index (χ1n) is 8.10. The molecule has 0 aromatic carbocycles. The van der Waals surface area contributed by atoms with Crippen LogP contribution in [0.1, 0.15) is 6.42 Å². The van der Waals surface area contributed by atoms with Gasteiger partial charge in [0.1, 0.15) is 12.1 Å². The molecule has 2 rings (SSSR count). The Bertz CT molecular complexity index is 843. The summed E-state index contributed by atoms with van der Waals surface area (Å²) in [5, 5.41) is 0. The lowest BCUT2D eigenvalue weighted by atomic mass is 9.32. The SMILES string of the molecule is FCC(F)(F)[C@]1(F)[C@](F)(CF)[C@]2(CC(F)(F)C(F)(F)F)C(F)(F)C(F)(F)C(F)(F)C(F)(F)[C@@]12F. The molecule has 0 bridgehead atoms. The van der Waals surface area contributed by atoms with Crippen molar-refractivity contribution in [3.63, 3.8) is 0 Å². The van der Waals surface area contributed by atoms with Crippen molar-refractivity contribution >= 4 is 0 Å². The van der Waals surface area contributed by atoms with E-state index in [1.165, 1.54) is 0 Å². The fourth-order valence-corrected chi connectivity index (χ4v) is 4.55. The maximum absolute atomic E-state index is 15.3. The van der Waals surface area contributed by atoms with Crippen molar-refractivity contribution in [2.75, 3.05) is 13.3 Å². The Balaban J connectivity index is 3.23. The van der Waals surface area contributed by atoms with Crippen molar-refractivity contribution in [1.82, 2.24) is 0 Å². The summed E-state index contributed by atoms with van der Waals surface area (Å²) in [5.41, 5.74) is -29.6. The molecular weight excluding hydrogens is 548 g/mol. The van der Waals surface area contributed by atoms with Crippen LogP contribution < -0.4 is 0 Å². The van der Waals surface area contributed by atoms with E-state index in [0.717, 1.165) is 0 Å². The van der Waals surface area contributed by atoms with Gasteiger partial charge in [-0.2, -0.15) is 65.9 Å². The van der Waals surface area contributed by atoms with E-state index in [-0.39, 0.29) is 0 Å². The third-order valence-corrected chi connectivity index (χ3v) is 6.19. The minimum atomic E-state index is -8.19. The van der Waals surface area contributed by atoms with Crippen molar-refractivity contribution in [2.24, 2.45) is 5.41 Å². The standard InChI is InChI=1S/C14H6F20/c15-2-5(17)4(1-6(18,19)14(32,33)34)8(22,9(5,23)7(20,21)3-16)11(26,27)13(30,31)12(28,29)10(4,24)25/h1-3H2/t4-,5-,8-,9+/m0/s1. The number of rotatable bonds is 5. The molecule has 0 aromatic heterocycles. The number of hydrogen-bond acceptors (Lipinski definition) is 0. The van der Waals surface area contributed by atoms with Crippen LogP contribution in [0.4, 0.5) is 87.8 Å². The average molecular weight is 554 g/mol. The van der Waals surface area contributed by atoms with Gasteiger partial charge < -0.3 is 0 Å². The van der Waals surface area contributed by atoms with Gasteiger partial charge in [-0.25, -0.2) is 22.0 Å². The van der Waals surface area contributed by atoms with Crippen LogP contribution in [0, 0.1) is 5.41 Å². The van der Waals surface area contributed by atoms with Gasteiger partial charge in [0.2, 0.25) is 5.67 Å². The maximum Gasteiger partial charge on any atom is 0.453 e. The molecule has 0 nitrogen and oxygen atoms in total. The van der Waals surface area contributed by atoms with Crippen LogP contribution in [0.2, 0.25) is 0 Å². The molecule has 0 heterocycles. The molecule has 20 heteroatoms. The normalized spacial score (nSPS) is 40.9. The van der Waals surface area contributed by atoms with E-state index in [4.69, 9.17) is 0 Å². The number of alkyl halides is 20. The van der Waals surface area contributed by atoms with E-state index in [1.807, 2.05) is 0 Å². The molecule has 2 aliphatic carbocycles. The zero-order valence-corrected chi connectivity index (χ0v) is 15.2. The van der Waals surface area contributed by atoms with Crippen LogP contribution in [0.5, 0.6) is 0 Å². The molecule has 0 saturated heterocycles. The first-order chi connectivity index (χ1) is 14.6. The summed E-state index contributed by atoms with van der Waals surface area (Å²) in [6.07, 6.45) is -12.3. The summed E-state index contributed by atoms with van der Waals surface area (Å²) in [4.78, 5) is 0. The molecule has 2 aliphatic rings. The van der Waals surface area contributed by atoms with Gasteiger partial charge in [0.25, 0.3) is 5.67 Å². The van der Waals surface area contributed by atoms with Crippen LogP contribution in [0.15, 0.2) is 0 Å². The van der Waals surface area contributed by atoms with E-state index in [1.54, 1.807) is 0 Å². The van der Waals surface area contributed by atoms with Crippen molar-refractivity contribution in [1.29, 1.82) is 0 Å². The largest absolute Gasteiger partial charge is 0.453 e. The smallest absolute Gasteiger partial charge is 0.247 e. The van der Waals surface area contributed by atoms with Gasteiger partial charge in [-0.05, 0) is 0 Å². The average Bonchev–Trinajstić information content (AvgIpc) is 2.67. The Morgan fingerprint density at radius 2 is 0.912 bits per heavy atom. The fraction of sp³-hybridized carbons (Fsp3) is 1.00. The van der Waals surface area contributed by atoms with Crippen molar-refractivity contribution < 1.29 is 87.8 Å². The fourth-order valence-electron chi connectivity index (χ4n) is 4.55. The number of hydrogen-bond donors (Lipinski definition) is 0. The second kappa shape index (κ2) is 6.47. The lowest BCUT2D eigenvalue weighted by molar-refractivity contribution is -0.567. The summed E-state index contributed by atoms with van der Waals surface area (Å²) in [6, 6.07) is 0. The van der Waals surface area contributed by atoms with E-state index in [2.05, 4.69) is 0 Å². The summed E-state index contributed by atoms with van der Waals surface area (Å²) in [5.74, 6) is -46.7. The quantitative estimate of drug-likeness (QED) is 0.327. The molecule has 0 aromatic rings. The summed E-state index contributed by atoms with van der Waals surface area (Å²) in [7, 11) is 0. The van der Waals surface area contributed by atoms with E-state index < -0.39 is 83.9 Å². The Labute approximate surface area is 173 Å². The van der Waals surface area contributed by atoms with Crippen LogP contribution in [0.3, 0.4) is 0 Å². The molecule has 0 unspecified atom stereocenters. The molecule has 0 aliphatic heterocycles. The summed E-state index contributed by atoms with van der Waals surface area (Å²) >= 11 is 0. The first-order valence-corrected chi connectivity index (χ1v) is 8.10. The first kappa shape index (κ1) is 28.8. The van der Waals surface area contributed by atoms with Crippen LogP contribution >= 0.6 is 0 Å². The predicted molar refractivity (Wildman–Crippen MR) is 66.3 cm³/mol. The van der Waals surface area contributed by atoms with Gasteiger partial charge in [-0.15, -0.1) is 0 Å². The van der Waals surface area contributed by atoms with Crippen molar-refractivity contribution in [3.05, 3.63) is 0 Å². The molecule has 2 saturated carbocycles.